The van der Waals surface area contributed by atoms with Crippen LogP contribution in [0.5, 0.6) is 0 Å². The van der Waals surface area contributed by atoms with Gasteiger partial charge in [-0.2, -0.15) is 5.10 Å². The summed E-state index contributed by atoms with van der Waals surface area (Å²) in [4.78, 5) is 27.2. The second-order valence-corrected chi connectivity index (χ2v) is 11.9. The molecule has 3 aromatic heterocycles. The lowest BCUT2D eigenvalue weighted by Crippen LogP contribution is -2.60. The third-order valence-corrected chi connectivity index (χ3v) is 7.23. The molecule has 4 heterocycles. The highest BCUT2D eigenvalue weighted by Crippen LogP contribution is 2.36. The number of pyridine rings is 1. The van der Waals surface area contributed by atoms with E-state index in [4.69, 9.17) is 9.40 Å². The van der Waals surface area contributed by atoms with Gasteiger partial charge in [-0.25, -0.2) is 9.97 Å². The first-order valence-electron chi connectivity index (χ1n) is 13.0. The fraction of sp³-hybridized carbons (Fsp3) is 0.400. The van der Waals surface area contributed by atoms with E-state index in [0.29, 0.717) is 42.3 Å². The average Bonchev–Trinajstić information content (AvgIpc) is 3.48. The van der Waals surface area contributed by atoms with Crippen LogP contribution in [-0.4, -0.2) is 61.0 Å². The molecule has 198 valence electrons. The number of H-pyrrole nitrogens is 1. The molecule has 1 fully saturated rings. The molecule has 1 aromatic carbocycles. The molecule has 38 heavy (non-hydrogen) atoms. The zero-order chi connectivity index (χ0) is 27.4. The number of aromatic amines is 1. The summed E-state index contributed by atoms with van der Waals surface area (Å²) < 4.78 is 6.28. The summed E-state index contributed by atoms with van der Waals surface area (Å²) >= 11 is 0. The van der Waals surface area contributed by atoms with E-state index in [-0.39, 0.29) is 11.3 Å². The van der Waals surface area contributed by atoms with Crippen LogP contribution in [0.25, 0.3) is 28.1 Å². The van der Waals surface area contributed by atoms with Crippen LogP contribution in [0.2, 0.25) is 0 Å². The summed E-state index contributed by atoms with van der Waals surface area (Å²) in [5.74, 6) is 1.50. The Kier molecular flexibility index (Phi) is 6.16. The number of amides is 1. The maximum atomic E-state index is 13.8. The molecule has 1 saturated heterocycles. The van der Waals surface area contributed by atoms with Crippen LogP contribution in [0.15, 0.2) is 47.4 Å². The Bertz CT molecular complexity index is 1520. The van der Waals surface area contributed by atoms with E-state index < -0.39 is 5.54 Å². The smallest absolute Gasteiger partial charge is 0.290 e. The van der Waals surface area contributed by atoms with E-state index in [1.165, 1.54) is 5.56 Å². The predicted molar refractivity (Wildman–Crippen MR) is 150 cm³/mol. The van der Waals surface area contributed by atoms with Crippen molar-refractivity contribution in [2.45, 2.75) is 59.4 Å². The number of nitrogens with one attached hydrogen (secondary N) is 1. The Hall–Kier alpha value is -3.94. The maximum absolute atomic E-state index is 13.8. The van der Waals surface area contributed by atoms with E-state index in [9.17, 15) is 4.79 Å². The fourth-order valence-corrected chi connectivity index (χ4v) is 5.06. The summed E-state index contributed by atoms with van der Waals surface area (Å²) in [5.41, 5.74) is 5.60. The molecule has 0 radical (unpaired) electrons. The average molecular weight is 513 g/mol. The van der Waals surface area contributed by atoms with Gasteiger partial charge in [0, 0.05) is 36.8 Å². The molecule has 4 aromatic rings. The lowest BCUT2D eigenvalue weighted by atomic mass is 9.86. The summed E-state index contributed by atoms with van der Waals surface area (Å²) in [6.45, 7) is 20.5. The van der Waals surface area contributed by atoms with Crippen molar-refractivity contribution in [3.63, 3.8) is 0 Å². The first kappa shape index (κ1) is 25.7. The van der Waals surface area contributed by atoms with Crippen molar-refractivity contribution < 1.29 is 9.21 Å². The van der Waals surface area contributed by atoms with Gasteiger partial charge in [-0.3, -0.25) is 9.89 Å². The van der Waals surface area contributed by atoms with Gasteiger partial charge < -0.3 is 14.2 Å². The molecule has 0 bridgehead atoms. The van der Waals surface area contributed by atoms with Gasteiger partial charge in [-0.15, -0.1) is 0 Å². The zero-order valence-corrected chi connectivity index (χ0v) is 23.3. The fourth-order valence-electron chi connectivity index (χ4n) is 5.06. The molecule has 1 aliphatic heterocycles. The van der Waals surface area contributed by atoms with Gasteiger partial charge in [0.25, 0.3) is 5.91 Å². The molecular formula is C30H36N6O2. The molecule has 8 nitrogen and oxygen atoms in total. The van der Waals surface area contributed by atoms with Crippen molar-refractivity contribution in [3.05, 3.63) is 71.5 Å². The van der Waals surface area contributed by atoms with Gasteiger partial charge in [0.05, 0.1) is 16.9 Å². The molecular weight excluding hydrogens is 476 g/mol. The molecule has 0 spiro atoms. The van der Waals surface area contributed by atoms with Crippen LogP contribution in [0, 0.1) is 13.8 Å². The minimum absolute atomic E-state index is 0.135. The standard InChI is InChI=1S/C30H36N6O2/c1-18-9-11-21(12-10-18)23-15-22(29(4,5)6)26-24(32-23)16-25(38-26)28(37)36-14-13-35(17-30(36,7)8)19(2)27-31-20(3)33-34-27/h9-12,15-16H,2,13-14,17H2,1,3-8H3,(H,31,33,34). The molecule has 0 atom stereocenters. The van der Waals surface area contributed by atoms with E-state index in [1.807, 2.05) is 11.8 Å². The SMILES string of the molecule is C=C(c1n[nH]c(C)n1)N1CCN(C(=O)c2cc3nc(-c4ccc(C)cc4)cc(C(C)(C)C)c3o2)C(C)(C)C1. The molecule has 1 amide bonds. The first-order valence-corrected chi connectivity index (χ1v) is 13.0. The number of nitrogens with zero attached hydrogens (tertiary/aromatic N) is 5. The van der Waals surface area contributed by atoms with Gasteiger partial charge in [-0.1, -0.05) is 57.2 Å². The van der Waals surface area contributed by atoms with Crippen LogP contribution in [0.3, 0.4) is 0 Å². The van der Waals surface area contributed by atoms with E-state index in [0.717, 1.165) is 28.3 Å². The molecule has 1 N–H and O–H groups in total. The molecule has 8 heteroatoms. The van der Waals surface area contributed by atoms with Gasteiger partial charge >= 0.3 is 0 Å². The third kappa shape index (κ3) is 4.71. The second-order valence-electron chi connectivity index (χ2n) is 11.9. The summed E-state index contributed by atoms with van der Waals surface area (Å²) in [7, 11) is 0. The van der Waals surface area contributed by atoms with Crippen molar-refractivity contribution >= 4 is 22.7 Å². The molecule has 1 aliphatic rings. The van der Waals surface area contributed by atoms with Crippen LogP contribution in [-0.2, 0) is 5.41 Å². The monoisotopic (exact) mass is 512 g/mol. The highest BCUT2D eigenvalue weighted by atomic mass is 16.3. The van der Waals surface area contributed by atoms with Crippen LogP contribution >= 0.6 is 0 Å². The van der Waals surface area contributed by atoms with Gasteiger partial charge in [0.15, 0.2) is 17.2 Å². The number of aryl methyl sites for hydroxylation is 2. The third-order valence-electron chi connectivity index (χ3n) is 7.23. The number of carbonyl (C=O) groups excluding carboxylic acids is 1. The second kappa shape index (κ2) is 9.11. The minimum atomic E-state index is -0.462. The number of hydrogen-bond donors (Lipinski definition) is 1. The lowest BCUT2D eigenvalue weighted by molar-refractivity contribution is 0.0287. The van der Waals surface area contributed by atoms with Crippen molar-refractivity contribution in [1.82, 2.24) is 30.0 Å². The normalized spacial score (nSPS) is 15.8. The Morgan fingerprint density at radius 1 is 1.08 bits per heavy atom. The van der Waals surface area contributed by atoms with Crippen molar-refractivity contribution in [3.8, 4) is 11.3 Å². The Morgan fingerprint density at radius 2 is 1.79 bits per heavy atom. The summed E-state index contributed by atoms with van der Waals surface area (Å²) in [6, 6.07) is 12.2. The highest BCUT2D eigenvalue weighted by molar-refractivity contribution is 5.97. The number of aromatic nitrogens is 4. The topological polar surface area (TPSA) is 91.2 Å². The Balaban J connectivity index is 1.46. The van der Waals surface area contributed by atoms with Crippen molar-refractivity contribution in [2.75, 3.05) is 19.6 Å². The number of hydrogen-bond acceptors (Lipinski definition) is 6. The molecule has 5 rings (SSSR count). The Labute approximate surface area is 223 Å². The van der Waals surface area contributed by atoms with Crippen LogP contribution in [0.4, 0.5) is 0 Å². The van der Waals surface area contributed by atoms with Crippen molar-refractivity contribution in [1.29, 1.82) is 0 Å². The van der Waals surface area contributed by atoms with E-state index in [1.54, 1.807) is 6.07 Å². The quantitative estimate of drug-likeness (QED) is 0.375. The Morgan fingerprint density at radius 3 is 2.39 bits per heavy atom. The molecule has 0 aliphatic carbocycles. The lowest BCUT2D eigenvalue weighted by Gasteiger charge is -2.47. The summed E-state index contributed by atoms with van der Waals surface area (Å²) in [5, 5.41) is 7.12. The maximum Gasteiger partial charge on any atom is 0.290 e. The van der Waals surface area contributed by atoms with Crippen LogP contribution in [0.1, 0.15) is 67.9 Å². The van der Waals surface area contributed by atoms with E-state index >= 15 is 0 Å². The predicted octanol–water partition coefficient (Wildman–Crippen LogP) is 5.73. The van der Waals surface area contributed by atoms with E-state index in [2.05, 4.69) is 98.5 Å². The molecule has 0 unspecified atom stereocenters. The number of fused-ring (bicyclic) bond motifs is 1. The van der Waals surface area contributed by atoms with Crippen LogP contribution < -0.4 is 0 Å². The number of benzene rings is 1. The van der Waals surface area contributed by atoms with Gasteiger partial charge in [-0.05, 0) is 39.2 Å². The number of piperazine rings is 1. The first-order chi connectivity index (χ1) is 17.8. The summed E-state index contributed by atoms with van der Waals surface area (Å²) in [6.07, 6.45) is 0. The van der Waals surface area contributed by atoms with Gasteiger partial charge in [0.2, 0.25) is 0 Å². The highest BCUT2D eigenvalue weighted by Gasteiger charge is 2.39. The van der Waals surface area contributed by atoms with Crippen molar-refractivity contribution in [2.24, 2.45) is 0 Å². The zero-order valence-electron chi connectivity index (χ0n) is 23.3. The largest absolute Gasteiger partial charge is 0.449 e. The molecule has 0 saturated carbocycles. The number of carbonyl (C=O) groups is 1. The van der Waals surface area contributed by atoms with Gasteiger partial charge in [0.1, 0.15) is 11.3 Å². The number of rotatable bonds is 4. The number of furan rings is 1. The minimum Gasteiger partial charge on any atom is -0.449 e.